The first-order valence-electron chi connectivity index (χ1n) is 23.9. The third kappa shape index (κ3) is 10.6. The lowest BCUT2D eigenvalue weighted by Crippen LogP contribution is -2.55. The standard InChI is InChI=1S/C26H37N3O5.C26H35N3O5/c2*1-17(2)34-22-15-20-18(14-21(22)32-6)9-10-19-24(27-23(29(19)20)8-7-12-31-5)25(30)28-11-13-33-16-26(28,3)4/h14-15,17H,7-13,16H2,1-6H3;7-8,14-15,17H,9-13,16H2,1-6H3/b;8-7+. The number of carbonyl (C=O) groups is 2. The van der Waals surface area contributed by atoms with Crippen LogP contribution in [0, 0.1) is 0 Å². The highest BCUT2D eigenvalue weighted by Crippen LogP contribution is 2.41. The molecule has 0 saturated carbocycles. The SMILES string of the molecule is COC/C=C/c1nc(C(=O)N2CCOCC2(C)C)c2n1-c1cc(OC(C)C)c(OC)cc1CC2.COCCCc1nc(C(=O)N2CCOCC2(C)C)c2n1-c1cc(OC(C)C)c(OC)cc1CC2. The Morgan fingerprint density at radius 2 is 1.18 bits per heavy atom. The molecule has 2 aromatic carbocycles. The first kappa shape index (κ1) is 50.5. The fraction of sp³-hybridized carbons (Fsp3) is 0.577. The van der Waals surface area contributed by atoms with Gasteiger partial charge in [0.2, 0.25) is 0 Å². The summed E-state index contributed by atoms with van der Waals surface area (Å²) in [5.41, 5.74) is 6.43. The highest BCUT2D eigenvalue weighted by molar-refractivity contribution is 5.95. The monoisotopic (exact) mass is 941 g/mol. The molecule has 4 aliphatic heterocycles. The van der Waals surface area contributed by atoms with Crippen LogP contribution in [-0.4, -0.2) is 145 Å². The second-order valence-electron chi connectivity index (χ2n) is 19.5. The molecule has 0 spiro atoms. The minimum absolute atomic E-state index is 0.000409. The molecule has 8 rings (SSSR count). The molecule has 16 nitrogen and oxygen atoms in total. The summed E-state index contributed by atoms with van der Waals surface area (Å²) in [5.74, 6) is 4.30. The van der Waals surface area contributed by atoms with E-state index in [0.29, 0.717) is 100 Å². The molecule has 0 bridgehead atoms. The predicted octanol–water partition coefficient (Wildman–Crippen LogP) is 7.27. The van der Waals surface area contributed by atoms with Gasteiger partial charge in [-0.15, -0.1) is 0 Å². The number of rotatable bonds is 15. The summed E-state index contributed by atoms with van der Waals surface area (Å²) in [5, 5.41) is 0. The van der Waals surface area contributed by atoms with E-state index >= 15 is 0 Å². The van der Waals surface area contributed by atoms with Crippen molar-refractivity contribution in [2.24, 2.45) is 0 Å². The van der Waals surface area contributed by atoms with Crippen molar-refractivity contribution >= 4 is 17.9 Å². The van der Waals surface area contributed by atoms with Crippen LogP contribution >= 0.6 is 0 Å². The molecule has 2 aromatic heterocycles. The minimum atomic E-state index is -0.393. The molecule has 0 atom stereocenters. The van der Waals surface area contributed by atoms with E-state index in [2.05, 4.69) is 15.2 Å². The van der Waals surface area contributed by atoms with Gasteiger partial charge < -0.3 is 47.7 Å². The maximum absolute atomic E-state index is 13.8. The van der Waals surface area contributed by atoms with Gasteiger partial charge in [0, 0.05) is 52.5 Å². The molecule has 4 aromatic rings. The van der Waals surface area contributed by atoms with E-state index < -0.39 is 5.54 Å². The van der Waals surface area contributed by atoms with Gasteiger partial charge in [0.05, 0.1) is 93.3 Å². The van der Waals surface area contributed by atoms with E-state index in [1.807, 2.05) is 95.5 Å². The van der Waals surface area contributed by atoms with Gasteiger partial charge in [-0.1, -0.05) is 6.08 Å². The molecule has 2 fully saturated rings. The molecular formula is C52H72N6O10. The number of ether oxygens (including phenoxy) is 8. The van der Waals surface area contributed by atoms with Gasteiger partial charge in [0.25, 0.3) is 11.8 Å². The van der Waals surface area contributed by atoms with Crippen molar-refractivity contribution in [2.45, 2.75) is 117 Å². The van der Waals surface area contributed by atoms with Gasteiger partial charge in [0.15, 0.2) is 28.7 Å². The zero-order valence-electron chi connectivity index (χ0n) is 42.3. The van der Waals surface area contributed by atoms with Crippen LogP contribution in [0.1, 0.15) is 117 Å². The maximum atomic E-state index is 13.8. The zero-order chi connectivity index (χ0) is 48.9. The topological polar surface area (TPSA) is 150 Å². The second kappa shape index (κ2) is 21.5. The Morgan fingerprint density at radius 1 is 0.676 bits per heavy atom. The molecule has 16 heteroatoms. The molecule has 4 aliphatic rings. The van der Waals surface area contributed by atoms with Crippen LogP contribution in [0.4, 0.5) is 0 Å². The average Bonchev–Trinajstić information content (AvgIpc) is 3.87. The van der Waals surface area contributed by atoms with E-state index in [0.717, 1.165) is 71.1 Å². The van der Waals surface area contributed by atoms with Crippen molar-refractivity contribution in [3.8, 4) is 34.4 Å². The molecule has 370 valence electrons. The molecular weight excluding hydrogens is 869 g/mol. The normalized spacial score (nSPS) is 17.0. The van der Waals surface area contributed by atoms with Crippen LogP contribution in [0.25, 0.3) is 17.5 Å². The third-order valence-electron chi connectivity index (χ3n) is 12.7. The summed E-state index contributed by atoms with van der Waals surface area (Å²) < 4.78 is 49.3. The Bertz CT molecular complexity index is 2470. The van der Waals surface area contributed by atoms with E-state index in [-0.39, 0.29) is 29.6 Å². The number of carbonyl (C=O) groups excluding carboxylic acids is 2. The molecule has 0 N–H and O–H groups in total. The van der Waals surface area contributed by atoms with Crippen molar-refractivity contribution in [3.63, 3.8) is 0 Å². The van der Waals surface area contributed by atoms with Gasteiger partial charge >= 0.3 is 0 Å². The van der Waals surface area contributed by atoms with Crippen molar-refractivity contribution in [3.05, 3.63) is 75.9 Å². The van der Waals surface area contributed by atoms with Crippen LogP contribution in [-0.2, 0) is 51.1 Å². The smallest absolute Gasteiger partial charge is 0.274 e. The van der Waals surface area contributed by atoms with Crippen LogP contribution in [0.3, 0.4) is 0 Å². The van der Waals surface area contributed by atoms with Crippen molar-refractivity contribution in [1.29, 1.82) is 0 Å². The van der Waals surface area contributed by atoms with Gasteiger partial charge in [-0.2, -0.15) is 0 Å². The number of fused-ring (bicyclic) bond motifs is 6. The second-order valence-corrected chi connectivity index (χ2v) is 19.5. The average molecular weight is 941 g/mol. The molecule has 0 aliphatic carbocycles. The van der Waals surface area contributed by atoms with E-state index in [1.54, 1.807) is 28.4 Å². The number of aryl methyl sites for hydroxylation is 3. The first-order valence-corrected chi connectivity index (χ1v) is 23.9. The zero-order valence-corrected chi connectivity index (χ0v) is 42.3. The number of hydrogen-bond donors (Lipinski definition) is 0. The lowest BCUT2D eigenvalue weighted by molar-refractivity contribution is -0.0375. The number of nitrogens with zero attached hydrogens (tertiary/aromatic N) is 6. The van der Waals surface area contributed by atoms with Crippen LogP contribution in [0.2, 0.25) is 0 Å². The molecule has 6 heterocycles. The number of hydrogen-bond acceptors (Lipinski definition) is 12. The van der Waals surface area contributed by atoms with Gasteiger partial charge in [-0.25, -0.2) is 9.97 Å². The summed E-state index contributed by atoms with van der Waals surface area (Å²) in [6.45, 7) is 20.4. The van der Waals surface area contributed by atoms with Crippen molar-refractivity contribution in [2.75, 3.05) is 81.2 Å². The Morgan fingerprint density at radius 3 is 1.65 bits per heavy atom. The van der Waals surface area contributed by atoms with Crippen LogP contribution in [0.5, 0.6) is 23.0 Å². The van der Waals surface area contributed by atoms with Gasteiger partial charge in [-0.3, -0.25) is 18.7 Å². The number of methoxy groups -OCH3 is 4. The van der Waals surface area contributed by atoms with E-state index in [9.17, 15) is 9.59 Å². The summed E-state index contributed by atoms with van der Waals surface area (Å²) in [6, 6.07) is 8.12. The molecule has 68 heavy (non-hydrogen) atoms. The lowest BCUT2D eigenvalue weighted by Gasteiger charge is -2.41. The summed E-state index contributed by atoms with van der Waals surface area (Å²) in [7, 11) is 6.67. The third-order valence-corrected chi connectivity index (χ3v) is 12.7. The first-order chi connectivity index (χ1) is 32.5. The highest BCUT2D eigenvalue weighted by atomic mass is 16.5. The molecule has 2 amide bonds. The van der Waals surface area contributed by atoms with Gasteiger partial charge in [0.1, 0.15) is 17.3 Å². The molecule has 0 unspecified atom stereocenters. The predicted molar refractivity (Wildman–Crippen MR) is 260 cm³/mol. The van der Waals surface area contributed by atoms with Crippen molar-refractivity contribution in [1.82, 2.24) is 28.9 Å². The Balaban J connectivity index is 0.000000201. The maximum Gasteiger partial charge on any atom is 0.274 e. The van der Waals surface area contributed by atoms with Crippen LogP contribution in [0.15, 0.2) is 30.3 Å². The fourth-order valence-electron chi connectivity index (χ4n) is 9.48. The number of morpholine rings is 2. The number of aromatic nitrogens is 4. The highest BCUT2D eigenvalue weighted by Gasteiger charge is 2.40. The number of amides is 2. The number of imidazole rings is 2. The Hall–Kier alpha value is -5.42. The van der Waals surface area contributed by atoms with Crippen LogP contribution < -0.4 is 18.9 Å². The number of benzene rings is 2. The fourth-order valence-corrected chi connectivity index (χ4v) is 9.48. The van der Waals surface area contributed by atoms with E-state index in [1.165, 1.54) is 0 Å². The van der Waals surface area contributed by atoms with Crippen molar-refractivity contribution < 1.29 is 47.5 Å². The van der Waals surface area contributed by atoms with E-state index in [4.69, 9.17) is 47.9 Å². The molecule has 2 saturated heterocycles. The minimum Gasteiger partial charge on any atom is -0.493 e. The summed E-state index contributed by atoms with van der Waals surface area (Å²) in [4.78, 5) is 41.1. The summed E-state index contributed by atoms with van der Waals surface area (Å²) >= 11 is 0. The quantitative estimate of drug-likeness (QED) is 0.110. The molecule has 0 radical (unpaired) electrons. The Kier molecular flexibility index (Phi) is 15.9. The lowest BCUT2D eigenvalue weighted by atomic mass is 9.98. The Labute approximate surface area is 401 Å². The summed E-state index contributed by atoms with van der Waals surface area (Å²) in [6.07, 6.45) is 8.41. The largest absolute Gasteiger partial charge is 0.493 e. The van der Waals surface area contributed by atoms with Gasteiger partial charge in [-0.05, 0) is 117 Å².